The molecule has 26 heavy (non-hydrogen) atoms. The van der Waals surface area contributed by atoms with Gasteiger partial charge in [-0.15, -0.1) is 0 Å². The van der Waals surface area contributed by atoms with Crippen LogP contribution >= 0.6 is 0 Å². The average molecular weight is 393 g/mol. The van der Waals surface area contributed by atoms with Gasteiger partial charge in [0.1, 0.15) is 0 Å². The van der Waals surface area contributed by atoms with Crippen LogP contribution in [0.3, 0.4) is 0 Å². The zero-order valence-corrected chi connectivity index (χ0v) is 17.8. The standard InChI is InChI=1S/C19H37NO5S/c1-6-8-12-20(13-9-7-2,18(5)11-16-26(22,23)24)14-10-15-25-19(21)17(3)4/h18H,3,6-16H2,1-2,4-5H3/p+1. The van der Waals surface area contributed by atoms with E-state index < -0.39 is 10.1 Å². The number of rotatable bonds is 15. The van der Waals surface area contributed by atoms with Gasteiger partial charge in [-0.25, -0.2) is 4.79 Å². The minimum absolute atomic E-state index is 0.117. The highest BCUT2D eigenvalue weighted by atomic mass is 32.2. The third-order valence-electron chi connectivity index (χ3n) is 4.97. The number of hydrogen-bond acceptors (Lipinski definition) is 4. The minimum atomic E-state index is -3.96. The molecule has 0 amide bonds. The van der Waals surface area contributed by atoms with Crippen molar-refractivity contribution in [2.24, 2.45) is 0 Å². The van der Waals surface area contributed by atoms with Crippen LogP contribution in [-0.4, -0.2) is 61.5 Å². The molecule has 1 atom stereocenters. The summed E-state index contributed by atoms with van der Waals surface area (Å²) in [6, 6.07) is 0.117. The molecular weight excluding hydrogens is 354 g/mol. The van der Waals surface area contributed by atoms with Gasteiger partial charge < -0.3 is 9.22 Å². The molecule has 7 heteroatoms. The Hall–Kier alpha value is -0.920. The van der Waals surface area contributed by atoms with Crippen LogP contribution in [0.1, 0.15) is 66.2 Å². The van der Waals surface area contributed by atoms with Crippen LogP contribution in [0.5, 0.6) is 0 Å². The third-order valence-corrected chi connectivity index (χ3v) is 5.72. The number of nitrogens with zero attached hydrogens (tertiary/aromatic N) is 1. The van der Waals surface area contributed by atoms with E-state index in [4.69, 9.17) is 9.29 Å². The van der Waals surface area contributed by atoms with E-state index in [1.807, 2.05) is 0 Å². The molecule has 0 bridgehead atoms. The fraction of sp³-hybridized carbons (Fsp3) is 0.842. The summed E-state index contributed by atoms with van der Waals surface area (Å²) < 4.78 is 37.5. The fourth-order valence-corrected chi connectivity index (χ4v) is 3.84. The molecule has 0 saturated heterocycles. The molecule has 154 valence electrons. The molecule has 0 rings (SSSR count). The fourth-order valence-electron chi connectivity index (χ4n) is 3.20. The number of hydrogen-bond donors (Lipinski definition) is 1. The minimum Gasteiger partial charge on any atom is -0.462 e. The van der Waals surface area contributed by atoms with Crippen molar-refractivity contribution >= 4 is 16.1 Å². The number of carbonyl (C=O) groups excluding carboxylic acids is 1. The SMILES string of the molecule is C=C(C)C(=O)OCCC[N+](CCCC)(CCCC)C(C)CCS(=O)(=O)O. The lowest BCUT2D eigenvalue weighted by Crippen LogP contribution is -2.56. The molecule has 0 fully saturated rings. The normalized spacial score (nSPS) is 13.4. The molecule has 0 heterocycles. The molecule has 0 aromatic heterocycles. The smallest absolute Gasteiger partial charge is 0.333 e. The predicted octanol–water partition coefficient (Wildman–Crippen LogP) is 3.58. The van der Waals surface area contributed by atoms with Crippen LogP contribution in [0.25, 0.3) is 0 Å². The second-order valence-electron chi connectivity index (χ2n) is 7.29. The predicted molar refractivity (Wildman–Crippen MR) is 106 cm³/mol. The molecular formula is C19H38NO5S+. The van der Waals surface area contributed by atoms with E-state index >= 15 is 0 Å². The van der Waals surface area contributed by atoms with Crippen LogP contribution in [-0.2, 0) is 19.6 Å². The summed E-state index contributed by atoms with van der Waals surface area (Å²) in [4.78, 5) is 11.5. The van der Waals surface area contributed by atoms with E-state index in [-0.39, 0.29) is 17.8 Å². The summed E-state index contributed by atoms with van der Waals surface area (Å²) in [5.41, 5.74) is 0.393. The van der Waals surface area contributed by atoms with E-state index in [0.29, 0.717) is 18.6 Å². The molecule has 0 radical (unpaired) electrons. The lowest BCUT2D eigenvalue weighted by molar-refractivity contribution is -0.950. The van der Waals surface area contributed by atoms with Crippen LogP contribution in [0.2, 0.25) is 0 Å². The second-order valence-corrected chi connectivity index (χ2v) is 8.86. The van der Waals surface area contributed by atoms with E-state index in [1.54, 1.807) is 6.92 Å². The maximum atomic E-state index is 11.5. The number of esters is 1. The van der Waals surface area contributed by atoms with Gasteiger partial charge in [-0.05, 0) is 26.7 Å². The number of ether oxygens (including phenoxy) is 1. The van der Waals surface area contributed by atoms with Crippen molar-refractivity contribution in [2.75, 3.05) is 32.0 Å². The van der Waals surface area contributed by atoms with Crippen LogP contribution in [0.15, 0.2) is 12.2 Å². The maximum Gasteiger partial charge on any atom is 0.333 e. The van der Waals surface area contributed by atoms with Crippen LogP contribution in [0.4, 0.5) is 0 Å². The van der Waals surface area contributed by atoms with E-state index in [1.165, 1.54) is 0 Å². The van der Waals surface area contributed by atoms with E-state index in [0.717, 1.165) is 56.2 Å². The molecule has 0 aromatic carbocycles. The van der Waals surface area contributed by atoms with E-state index in [9.17, 15) is 13.2 Å². The van der Waals surface area contributed by atoms with Gasteiger partial charge in [-0.2, -0.15) is 8.42 Å². The van der Waals surface area contributed by atoms with Gasteiger partial charge in [0, 0.05) is 18.4 Å². The topological polar surface area (TPSA) is 80.7 Å². The maximum absolute atomic E-state index is 11.5. The van der Waals surface area contributed by atoms with Crippen molar-refractivity contribution in [1.29, 1.82) is 0 Å². The second kappa shape index (κ2) is 12.5. The number of carbonyl (C=O) groups is 1. The zero-order chi connectivity index (χ0) is 20.2. The molecule has 0 aliphatic rings. The molecule has 0 aromatic rings. The highest BCUT2D eigenvalue weighted by molar-refractivity contribution is 7.85. The average Bonchev–Trinajstić information content (AvgIpc) is 2.57. The van der Waals surface area contributed by atoms with Crippen molar-refractivity contribution in [2.45, 2.75) is 72.3 Å². The van der Waals surface area contributed by atoms with Crippen molar-refractivity contribution in [3.63, 3.8) is 0 Å². The molecule has 0 saturated carbocycles. The van der Waals surface area contributed by atoms with Crippen LogP contribution in [0, 0.1) is 0 Å². The highest BCUT2D eigenvalue weighted by Gasteiger charge is 2.33. The van der Waals surface area contributed by atoms with Crippen molar-refractivity contribution in [1.82, 2.24) is 0 Å². The zero-order valence-electron chi connectivity index (χ0n) is 17.0. The van der Waals surface area contributed by atoms with Gasteiger partial charge in [0.15, 0.2) is 0 Å². The van der Waals surface area contributed by atoms with E-state index in [2.05, 4.69) is 27.4 Å². The molecule has 0 aliphatic heterocycles. The molecule has 0 spiro atoms. The number of quaternary nitrogens is 1. The number of unbranched alkanes of at least 4 members (excludes halogenated alkanes) is 2. The quantitative estimate of drug-likeness (QED) is 0.151. The Morgan fingerprint density at radius 3 is 2.04 bits per heavy atom. The first-order valence-corrected chi connectivity index (χ1v) is 11.3. The molecule has 1 unspecified atom stereocenters. The summed E-state index contributed by atoms with van der Waals surface area (Å²) in [5, 5.41) is 0. The Balaban J connectivity index is 5.06. The van der Waals surface area contributed by atoms with Crippen molar-refractivity contribution < 1.29 is 27.0 Å². The van der Waals surface area contributed by atoms with Gasteiger partial charge in [-0.1, -0.05) is 33.3 Å². The van der Waals surface area contributed by atoms with Gasteiger partial charge in [0.05, 0.1) is 38.0 Å². The Morgan fingerprint density at radius 2 is 1.62 bits per heavy atom. The van der Waals surface area contributed by atoms with Gasteiger partial charge in [0.25, 0.3) is 10.1 Å². The summed E-state index contributed by atoms with van der Waals surface area (Å²) >= 11 is 0. The largest absolute Gasteiger partial charge is 0.462 e. The highest BCUT2D eigenvalue weighted by Crippen LogP contribution is 2.22. The summed E-state index contributed by atoms with van der Waals surface area (Å²) in [6.07, 6.45) is 5.42. The van der Waals surface area contributed by atoms with Crippen molar-refractivity contribution in [3.05, 3.63) is 12.2 Å². The van der Waals surface area contributed by atoms with Gasteiger partial charge in [0.2, 0.25) is 0 Å². The van der Waals surface area contributed by atoms with Gasteiger partial charge in [-0.3, -0.25) is 4.55 Å². The third kappa shape index (κ3) is 10.3. The summed E-state index contributed by atoms with van der Waals surface area (Å²) in [5.74, 6) is -0.582. The first-order chi connectivity index (χ1) is 12.1. The molecule has 1 N–H and O–H groups in total. The Kier molecular flexibility index (Phi) is 12.0. The first kappa shape index (κ1) is 25.1. The lowest BCUT2D eigenvalue weighted by Gasteiger charge is -2.44. The summed E-state index contributed by atoms with van der Waals surface area (Å²) in [6.45, 7) is 14.7. The lowest BCUT2D eigenvalue weighted by atomic mass is 10.1. The monoisotopic (exact) mass is 392 g/mol. The van der Waals surface area contributed by atoms with Gasteiger partial charge >= 0.3 is 5.97 Å². The Morgan fingerprint density at radius 1 is 1.12 bits per heavy atom. The van der Waals surface area contributed by atoms with Crippen LogP contribution < -0.4 is 0 Å². The Bertz CT molecular complexity index is 522. The Labute approximate surface area is 159 Å². The summed E-state index contributed by atoms with van der Waals surface area (Å²) in [7, 11) is -3.96. The molecule has 0 aliphatic carbocycles. The molecule has 6 nitrogen and oxygen atoms in total. The van der Waals surface area contributed by atoms with Crippen molar-refractivity contribution in [3.8, 4) is 0 Å². The first-order valence-electron chi connectivity index (χ1n) is 9.71.